The number of anilines is 1. The van der Waals surface area contributed by atoms with Gasteiger partial charge in [0.05, 0.1) is 4.92 Å². The molecule has 6 heteroatoms. The molecule has 2 N–H and O–H groups in total. The first kappa shape index (κ1) is 13.4. The Morgan fingerprint density at radius 2 is 2.05 bits per heavy atom. The van der Waals surface area contributed by atoms with Gasteiger partial charge in [-0.1, -0.05) is 12.1 Å². The van der Waals surface area contributed by atoms with Crippen LogP contribution in [0.3, 0.4) is 0 Å². The summed E-state index contributed by atoms with van der Waals surface area (Å²) >= 11 is 1.41. The SMILES string of the molecule is Nc1cc(F)ccc1SCc1cccc([N+](=O)[O-])c1. The normalized spacial score (nSPS) is 10.4. The van der Waals surface area contributed by atoms with Gasteiger partial charge in [0.1, 0.15) is 5.82 Å². The summed E-state index contributed by atoms with van der Waals surface area (Å²) in [5, 5.41) is 10.7. The van der Waals surface area contributed by atoms with Gasteiger partial charge in [-0.15, -0.1) is 11.8 Å². The van der Waals surface area contributed by atoms with Crippen LogP contribution >= 0.6 is 11.8 Å². The van der Waals surface area contributed by atoms with Crippen molar-refractivity contribution in [3.05, 3.63) is 64.0 Å². The third-order valence-electron chi connectivity index (χ3n) is 2.49. The molecule has 0 bridgehead atoms. The fourth-order valence-electron chi connectivity index (χ4n) is 1.57. The molecule has 98 valence electrons. The van der Waals surface area contributed by atoms with Crippen LogP contribution in [0, 0.1) is 15.9 Å². The number of nitrogens with zero attached hydrogens (tertiary/aromatic N) is 1. The van der Waals surface area contributed by atoms with E-state index in [2.05, 4.69) is 0 Å². The van der Waals surface area contributed by atoms with Crippen LogP contribution in [0.2, 0.25) is 0 Å². The number of hydrogen-bond acceptors (Lipinski definition) is 4. The molecule has 0 aliphatic heterocycles. The Labute approximate surface area is 113 Å². The molecule has 0 atom stereocenters. The minimum Gasteiger partial charge on any atom is -0.398 e. The zero-order chi connectivity index (χ0) is 13.8. The van der Waals surface area contributed by atoms with Gasteiger partial charge in [0, 0.05) is 28.5 Å². The Hall–Kier alpha value is -2.08. The van der Waals surface area contributed by atoms with Gasteiger partial charge in [0.15, 0.2) is 0 Å². The Bertz CT molecular complexity index is 619. The largest absolute Gasteiger partial charge is 0.398 e. The van der Waals surface area contributed by atoms with Crippen LogP contribution < -0.4 is 5.73 Å². The fraction of sp³-hybridized carbons (Fsp3) is 0.0769. The summed E-state index contributed by atoms with van der Waals surface area (Å²) in [4.78, 5) is 11.0. The van der Waals surface area contributed by atoms with E-state index in [1.54, 1.807) is 18.2 Å². The van der Waals surface area contributed by atoms with Gasteiger partial charge < -0.3 is 5.73 Å². The zero-order valence-electron chi connectivity index (χ0n) is 9.88. The second-order valence-corrected chi connectivity index (χ2v) is 4.92. The van der Waals surface area contributed by atoms with Gasteiger partial charge in [-0.3, -0.25) is 10.1 Å². The lowest BCUT2D eigenvalue weighted by Gasteiger charge is -2.05. The molecule has 4 nitrogen and oxygen atoms in total. The molecular weight excluding hydrogens is 267 g/mol. The van der Waals surface area contributed by atoms with E-state index < -0.39 is 4.92 Å². The lowest BCUT2D eigenvalue weighted by Crippen LogP contribution is -1.91. The first-order valence-electron chi connectivity index (χ1n) is 5.47. The quantitative estimate of drug-likeness (QED) is 0.401. The topological polar surface area (TPSA) is 69.2 Å². The average Bonchev–Trinajstić information content (AvgIpc) is 2.38. The Morgan fingerprint density at radius 3 is 2.74 bits per heavy atom. The van der Waals surface area contributed by atoms with Gasteiger partial charge in [-0.05, 0) is 23.8 Å². The Morgan fingerprint density at radius 1 is 1.26 bits per heavy atom. The second kappa shape index (κ2) is 5.71. The van der Waals surface area contributed by atoms with E-state index in [0.717, 1.165) is 10.5 Å². The molecular formula is C13H11FN2O2S. The highest BCUT2D eigenvalue weighted by Gasteiger charge is 2.07. The maximum atomic E-state index is 12.9. The lowest BCUT2D eigenvalue weighted by molar-refractivity contribution is -0.384. The van der Waals surface area contributed by atoms with E-state index in [1.165, 1.54) is 36.0 Å². The van der Waals surface area contributed by atoms with Crippen LogP contribution in [-0.2, 0) is 5.75 Å². The van der Waals surface area contributed by atoms with Gasteiger partial charge in [0.25, 0.3) is 5.69 Å². The molecule has 0 radical (unpaired) electrons. The van der Waals surface area contributed by atoms with Crippen molar-refractivity contribution >= 4 is 23.1 Å². The zero-order valence-corrected chi connectivity index (χ0v) is 10.7. The van der Waals surface area contributed by atoms with Crippen LogP contribution in [0.15, 0.2) is 47.4 Å². The van der Waals surface area contributed by atoms with E-state index in [0.29, 0.717) is 11.4 Å². The summed E-state index contributed by atoms with van der Waals surface area (Å²) in [6, 6.07) is 10.6. The minimum absolute atomic E-state index is 0.0604. The highest BCUT2D eigenvalue weighted by atomic mass is 32.2. The number of benzene rings is 2. The van der Waals surface area contributed by atoms with Crippen molar-refractivity contribution in [1.29, 1.82) is 0 Å². The fourth-order valence-corrected chi connectivity index (χ4v) is 2.46. The van der Waals surface area contributed by atoms with Gasteiger partial charge in [0.2, 0.25) is 0 Å². The third kappa shape index (κ3) is 3.45. The van der Waals surface area contributed by atoms with Crippen molar-refractivity contribution in [3.8, 4) is 0 Å². The Balaban J connectivity index is 2.10. The van der Waals surface area contributed by atoms with Gasteiger partial charge in [-0.25, -0.2) is 4.39 Å². The molecule has 0 saturated heterocycles. The summed E-state index contributed by atoms with van der Waals surface area (Å²) in [7, 11) is 0. The molecule has 0 aliphatic carbocycles. The number of rotatable bonds is 4. The van der Waals surface area contributed by atoms with Crippen molar-refractivity contribution in [3.63, 3.8) is 0 Å². The monoisotopic (exact) mass is 278 g/mol. The number of halogens is 1. The van der Waals surface area contributed by atoms with Crippen LogP contribution in [0.25, 0.3) is 0 Å². The molecule has 0 unspecified atom stereocenters. The number of nitrogens with two attached hydrogens (primary N) is 1. The van der Waals surface area contributed by atoms with Gasteiger partial charge in [-0.2, -0.15) is 0 Å². The molecule has 0 fully saturated rings. The smallest absolute Gasteiger partial charge is 0.269 e. The predicted octanol–water partition coefficient (Wildman–Crippen LogP) is 3.61. The van der Waals surface area contributed by atoms with Crippen LogP contribution in [-0.4, -0.2) is 4.92 Å². The summed E-state index contributed by atoms with van der Waals surface area (Å²) < 4.78 is 12.9. The van der Waals surface area contributed by atoms with Crippen LogP contribution in [0.1, 0.15) is 5.56 Å². The lowest BCUT2D eigenvalue weighted by atomic mass is 10.2. The average molecular weight is 278 g/mol. The molecule has 0 aromatic heterocycles. The van der Waals surface area contributed by atoms with Gasteiger partial charge >= 0.3 is 0 Å². The molecule has 0 amide bonds. The van der Waals surface area contributed by atoms with Crippen molar-refractivity contribution in [2.24, 2.45) is 0 Å². The molecule has 2 rings (SSSR count). The molecule has 0 spiro atoms. The van der Waals surface area contributed by atoms with E-state index in [-0.39, 0.29) is 11.5 Å². The minimum atomic E-state index is -0.430. The van der Waals surface area contributed by atoms with Crippen LogP contribution in [0.4, 0.5) is 15.8 Å². The number of nitro benzene ring substituents is 1. The van der Waals surface area contributed by atoms with E-state index in [9.17, 15) is 14.5 Å². The van der Waals surface area contributed by atoms with Crippen molar-refractivity contribution in [2.45, 2.75) is 10.6 Å². The predicted molar refractivity (Wildman–Crippen MR) is 73.5 cm³/mol. The maximum Gasteiger partial charge on any atom is 0.269 e. The summed E-state index contributed by atoms with van der Waals surface area (Å²) in [5.74, 6) is 0.162. The maximum absolute atomic E-state index is 12.9. The van der Waals surface area contributed by atoms with Crippen molar-refractivity contribution < 1.29 is 9.31 Å². The molecule has 0 heterocycles. The first-order chi connectivity index (χ1) is 9.06. The highest BCUT2D eigenvalue weighted by Crippen LogP contribution is 2.29. The van der Waals surface area contributed by atoms with E-state index >= 15 is 0 Å². The standard InChI is InChI=1S/C13H11FN2O2S/c14-10-4-5-13(12(15)7-10)19-8-9-2-1-3-11(6-9)16(17)18/h1-7H,8,15H2. The number of nitrogen functional groups attached to an aromatic ring is 1. The summed E-state index contributed by atoms with van der Waals surface area (Å²) in [6.07, 6.45) is 0. The number of thioether (sulfide) groups is 1. The molecule has 0 aliphatic rings. The molecule has 2 aromatic carbocycles. The van der Waals surface area contributed by atoms with Crippen molar-refractivity contribution in [2.75, 3.05) is 5.73 Å². The number of non-ortho nitro benzene ring substituents is 1. The highest BCUT2D eigenvalue weighted by molar-refractivity contribution is 7.98. The summed E-state index contributed by atoms with van der Waals surface area (Å²) in [6.45, 7) is 0. The second-order valence-electron chi connectivity index (χ2n) is 3.90. The van der Waals surface area contributed by atoms with Crippen molar-refractivity contribution in [1.82, 2.24) is 0 Å². The molecule has 2 aromatic rings. The number of nitro groups is 1. The third-order valence-corrected chi connectivity index (χ3v) is 3.65. The van der Waals surface area contributed by atoms with Crippen LogP contribution in [0.5, 0.6) is 0 Å². The van der Waals surface area contributed by atoms with E-state index in [4.69, 9.17) is 5.73 Å². The summed E-state index contributed by atoms with van der Waals surface area (Å²) in [5.41, 5.74) is 6.95. The molecule has 0 saturated carbocycles. The Kier molecular flexibility index (Phi) is 4.01. The number of hydrogen-bond donors (Lipinski definition) is 1. The molecule has 19 heavy (non-hydrogen) atoms. The first-order valence-corrected chi connectivity index (χ1v) is 6.46. The van der Waals surface area contributed by atoms with E-state index in [1.807, 2.05) is 0 Å².